The first-order chi connectivity index (χ1) is 8.19. The van der Waals surface area contributed by atoms with Crippen molar-refractivity contribution in [2.45, 2.75) is 18.4 Å². The molecule has 1 aromatic rings. The molecule has 0 spiro atoms. The van der Waals surface area contributed by atoms with Crippen LogP contribution < -0.4 is 15.2 Å². The first-order valence-corrected chi connectivity index (χ1v) is 5.65. The van der Waals surface area contributed by atoms with Crippen LogP contribution in [0.4, 0.5) is 0 Å². The molecule has 1 aliphatic rings. The average molecular weight is 232 g/mol. The smallest absolute Gasteiger partial charge is 0.161 e. The zero-order valence-corrected chi connectivity index (χ0v) is 9.85. The molecule has 4 heteroatoms. The minimum Gasteiger partial charge on any atom is -0.493 e. The average Bonchev–Trinajstić information content (AvgIpc) is 3.21. The number of benzene rings is 1. The lowest BCUT2D eigenvalue weighted by atomic mass is 9.98. The Morgan fingerprint density at radius 3 is 2.59 bits per heavy atom. The molecule has 0 amide bonds. The van der Waals surface area contributed by atoms with Gasteiger partial charge in [-0.1, -0.05) is 12.1 Å². The molecule has 1 fully saturated rings. The van der Waals surface area contributed by atoms with Crippen LogP contribution in [0.1, 0.15) is 12.8 Å². The molecule has 1 unspecified atom stereocenters. The lowest BCUT2D eigenvalue weighted by Crippen LogP contribution is -2.46. The van der Waals surface area contributed by atoms with Crippen LogP contribution in [0.25, 0.3) is 0 Å². The second-order valence-corrected chi connectivity index (χ2v) is 4.37. The van der Waals surface area contributed by atoms with E-state index in [1.807, 2.05) is 24.3 Å². The van der Waals surface area contributed by atoms with Gasteiger partial charge in [-0.3, -0.25) is 0 Å². The Morgan fingerprint density at radius 1 is 1.41 bits per heavy atom. The Labute approximate surface area is 101 Å². The van der Waals surface area contributed by atoms with Crippen LogP contribution in [0.5, 0.6) is 11.5 Å². The number of nitrogens with zero attached hydrogens (tertiary/aromatic N) is 1. The van der Waals surface area contributed by atoms with Crippen LogP contribution in [0.3, 0.4) is 0 Å². The molecule has 2 N–H and O–H groups in total. The second kappa shape index (κ2) is 4.64. The number of hydrogen-bond donors (Lipinski definition) is 1. The standard InChI is InChI=1S/C13H16N2O2/c1-16-11-4-2-3-5-12(11)17-9-13(15,8-14)10-6-7-10/h2-5,10H,6-7,9,15H2,1H3. The third-order valence-corrected chi connectivity index (χ3v) is 3.05. The summed E-state index contributed by atoms with van der Waals surface area (Å²) in [5.74, 6) is 1.55. The third-order valence-electron chi connectivity index (χ3n) is 3.05. The zero-order valence-electron chi connectivity index (χ0n) is 9.85. The minimum absolute atomic E-state index is 0.203. The van der Waals surface area contributed by atoms with Gasteiger partial charge >= 0.3 is 0 Å². The summed E-state index contributed by atoms with van der Waals surface area (Å²) < 4.78 is 10.8. The molecule has 4 nitrogen and oxygen atoms in total. The lowest BCUT2D eigenvalue weighted by Gasteiger charge is -2.21. The van der Waals surface area contributed by atoms with Gasteiger partial charge in [-0.15, -0.1) is 0 Å². The Balaban J connectivity index is 2.04. The highest BCUT2D eigenvalue weighted by Gasteiger charge is 2.43. The summed E-state index contributed by atoms with van der Waals surface area (Å²) in [7, 11) is 1.59. The van der Waals surface area contributed by atoms with Crippen molar-refractivity contribution in [3.63, 3.8) is 0 Å². The molecule has 90 valence electrons. The normalized spacial score (nSPS) is 17.9. The molecule has 1 aliphatic carbocycles. The SMILES string of the molecule is COc1ccccc1OCC(N)(C#N)C1CC1. The Hall–Kier alpha value is -1.73. The number of para-hydroxylation sites is 2. The molecule has 1 aromatic carbocycles. The van der Waals surface area contributed by atoms with Crippen molar-refractivity contribution < 1.29 is 9.47 Å². The molecule has 0 heterocycles. The van der Waals surface area contributed by atoms with Crippen LogP contribution in [0.15, 0.2) is 24.3 Å². The summed E-state index contributed by atoms with van der Waals surface area (Å²) in [5, 5.41) is 9.11. The van der Waals surface area contributed by atoms with E-state index in [1.54, 1.807) is 7.11 Å². The van der Waals surface area contributed by atoms with Crippen molar-refractivity contribution in [2.75, 3.05) is 13.7 Å². The van der Waals surface area contributed by atoms with Gasteiger partial charge in [0.15, 0.2) is 11.5 Å². The van der Waals surface area contributed by atoms with Gasteiger partial charge in [0.1, 0.15) is 12.1 Å². The van der Waals surface area contributed by atoms with Gasteiger partial charge in [-0.2, -0.15) is 5.26 Å². The van der Waals surface area contributed by atoms with Crippen molar-refractivity contribution in [3.8, 4) is 17.6 Å². The maximum absolute atomic E-state index is 9.11. The van der Waals surface area contributed by atoms with Crippen LogP contribution in [-0.2, 0) is 0 Å². The highest BCUT2D eigenvalue weighted by molar-refractivity contribution is 5.39. The Bertz CT molecular complexity index is 437. The molecule has 0 aromatic heterocycles. The highest BCUT2D eigenvalue weighted by atomic mass is 16.5. The van der Waals surface area contributed by atoms with E-state index in [4.69, 9.17) is 20.5 Å². The van der Waals surface area contributed by atoms with E-state index in [9.17, 15) is 0 Å². The summed E-state index contributed by atoms with van der Waals surface area (Å²) in [5.41, 5.74) is 5.14. The Kier molecular flexibility index (Phi) is 3.21. The quantitative estimate of drug-likeness (QED) is 0.839. The van der Waals surface area contributed by atoms with E-state index in [1.165, 1.54) is 0 Å². The predicted octanol–water partition coefficient (Wildman–Crippen LogP) is 1.71. The summed E-state index contributed by atoms with van der Waals surface area (Å²) >= 11 is 0. The summed E-state index contributed by atoms with van der Waals surface area (Å²) in [6.45, 7) is 0.203. The van der Waals surface area contributed by atoms with E-state index in [0.717, 1.165) is 12.8 Å². The first kappa shape index (κ1) is 11.7. The first-order valence-electron chi connectivity index (χ1n) is 5.65. The maximum atomic E-state index is 9.11. The van der Waals surface area contributed by atoms with Crippen LogP contribution in [-0.4, -0.2) is 19.3 Å². The van der Waals surface area contributed by atoms with E-state index >= 15 is 0 Å². The van der Waals surface area contributed by atoms with Gasteiger partial charge in [0.25, 0.3) is 0 Å². The molecule has 2 rings (SSSR count). The fourth-order valence-corrected chi connectivity index (χ4v) is 1.78. The molecular weight excluding hydrogens is 216 g/mol. The number of nitriles is 1. The summed E-state index contributed by atoms with van der Waals surface area (Å²) in [6, 6.07) is 9.51. The number of hydrogen-bond acceptors (Lipinski definition) is 4. The molecule has 0 aliphatic heterocycles. The van der Waals surface area contributed by atoms with Crippen molar-refractivity contribution in [2.24, 2.45) is 11.7 Å². The van der Waals surface area contributed by atoms with Crippen LogP contribution in [0.2, 0.25) is 0 Å². The number of methoxy groups -OCH3 is 1. The fraction of sp³-hybridized carbons (Fsp3) is 0.462. The summed E-state index contributed by atoms with van der Waals surface area (Å²) in [4.78, 5) is 0. The van der Waals surface area contributed by atoms with E-state index in [2.05, 4.69) is 6.07 Å². The number of nitrogens with two attached hydrogens (primary N) is 1. The van der Waals surface area contributed by atoms with Gasteiger partial charge in [0.05, 0.1) is 13.2 Å². The van der Waals surface area contributed by atoms with Gasteiger partial charge in [0.2, 0.25) is 0 Å². The van der Waals surface area contributed by atoms with Crippen molar-refractivity contribution >= 4 is 0 Å². The minimum atomic E-state index is -0.874. The van der Waals surface area contributed by atoms with Crippen LogP contribution >= 0.6 is 0 Å². The Morgan fingerprint density at radius 2 is 2.06 bits per heavy atom. The molecule has 17 heavy (non-hydrogen) atoms. The van der Waals surface area contributed by atoms with Gasteiger partial charge in [-0.05, 0) is 30.9 Å². The van der Waals surface area contributed by atoms with E-state index in [0.29, 0.717) is 11.5 Å². The highest BCUT2D eigenvalue weighted by Crippen LogP contribution is 2.38. The molecule has 1 saturated carbocycles. The van der Waals surface area contributed by atoms with Crippen molar-refractivity contribution in [3.05, 3.63) is 24.3 Å². The van der Waals surface area contributed by atoms with Gasteiger partial charge in [-0.25, -0.2) is 0 Å². The monoisotopic (exact) mass is 232 g/mol. The largest absolute Gasteiger partial charge is 0.493 e. The third kappa shape index (κ3) is 2.51. The molecule has 1 atom stereocenters. The van der Waals surface area contributed by atoms with Gasteiger partial charge < -0.3 is 15.2 Å². The zero-order chi connectivity index (χ0) is 12.3. The predicted molar refractivity (Wildman–Crippen MR) is 63.7 cm³/mol. The maximum Gasteiger partial charge on any atom is 0.161 e. The molecule has 0 saturated heterocycles. The van der Waals surface area contributed by atoms with Gasteiger partial charge in [0, 0.05) is 0 Å². The molecular formula is C13H16N2O2. The topological polar surface area (TPSA) is 68.3 Å². The second-order valence-electron chi connectivity index (χ2n) is 4.37. The van der Waals surface area contributed by atoms with E-state index < -0.39 is 5.54 Å². The summed E-state index contributed by atoms with van der Waals surface area (Å²) in [6.07, 6.45) is 2.03. The number of ether oxygens (including phenoxy) is 2. The number of rotatable bonds is 5. The molecule has 0 radical (unpaired) electrons. The fourth-order valence-electron chi connectivity index (χ4n) is 1.78. The van der Waals surface area contributed by atoms with Crippen LogP contribution in [0, 0.1) is 17.2 Å². The lowest BCUT2D eigenvalue weighted by molar-refractivity contribution is 0.227. The molecule has 0 bridgehead atoms. The van der Waals surface area contributed by atoms with Crippen molar-refractivity contribution in [1.82, 2.24) is 0 Å². The van der Waals surface area contributed by atoms with Crippen molar-refractivity contribution in [1.29, 1.82) is 5.26 Å². The van der Waals surface area contributed by atoms with E-state index in [-0.39, 0.29) is 12.5 Å².